The summed E-state index contributed by atoms with van der Waals surface area (Å²) >= 11 is 0. The molecule has 2 amide bonds. The van der Waals surface area contributed by atoms with Crippen LogP contribution in [0.25, 0.3) is 0 Å². The van der Waals surface area contributed by atoms with Crippen LogP contribution in [-0.4, -0.2) is 41.9 Å². The molecular formula is C26H29FN2O3. The molecule has 1 aliphatic carbocycles. The van der Waals surface area contributed by atoms with Crippen molar-refractivity contribution in [2.45, 2.75) is 50.0 Å². The molecule has 2 aromatic carbocycles. The van der Waals surface area contributed by atoms with Crippen molar-refractivity contribution in [2.24, 2.45) is 5.92 Å². The third kappa shape index (κ3) is 4.50. The van der Waals surface area contributed by atoms with Gasteiger partial charge in [-0.05, 0) is 55.0 Å². The monoisotopic (exact) mass is 436 g/mol. The minimum Gasteiger partial charge on any atom is -0.487 e. The van der Waals surface area contributed by atoms with E-state index in [1.165, 1.54) is 25.0 Å². The minimum absolute atomic E-state index is 0.102. The van der Waals surface area contributed by atoms with E-state index in [-0.39, 0.29) is 23.3 Å². The van der Waals surface area contributed by atoms with Crippen molar-refractivity contribution in [3.63, 3.8) is 0 Å². The topological polar surface area (TPSA) is 58.6 Å². The van der Waals surface area contributed by atoms with Crippen molar-refractivity contribution in [3.8, 4) is 5.75 Å². The van der Waals surface area contributed by atoms with Crippen molar-refractivity contribution in [1.29, 1.82) is 0 Å². The first-order chi connectivity index (χ1) is 15.5. The van der Waals surface area contributed by atoms with Crippen LogP contribution >= 0.6 is 0 Å². The van der Waals surface area contributed by atoms with Gasteiger partial charge in [0.1, 0.15) is 17.2 Å². The van der Waals surface area contributed by atoms with Crippen molar-refractivity contribution >= 4 is 11.8 Å². The van der Waals surface area contributed by atoms with Gasteiger partial charge in [-0.3, -0.25) is 9.59 Å². The van der Waals surface area contributed by atoms with Gasteiger partial charge in [0.15, 0.2) is 0 Å². The van der Waals surface area contributed by atoms with Crippen LogP contribution in [-0.2, 0) is 4.79 Å². The van der Waals surface area contributed by atoms with Crippen LogP contribution in [0.15, 0.2) is 48.5 Å². The van der Waals surface area contributed by atoms with Crippen LogP contribution in [0.4, 0.5) is 4.39 Å². The SMILES string of the molecule is O=C(CC1CC2(CCN(C(=O)c3cccc(F)c3)CC2)Oc2ccccc21)NCC1CC1. The number of carbonyl (C=O) groups is 2. The van der Waals surface area contributed by atoms with Gasteiger partial charge in [-0.2, -0.15) is 0 Å². The maximum atomic E-state index is 13.5. The zero-order valence-electron chi connectivity index (χ0n) is 18.2. The molecule has 1 saturated heterocycles. The summed E-state index contributed by atoms with van der Waals surface area (Å²) in [6.07, 6.45) is 5.05. The fourth-order valence-electron chi connectivity index (χ4n) is 5.03. The molecule has 2 aromatic rings. The Kier molecular flexibility index (Phi) is 5.62. The number of piperidine rings is 1. The molecule has 3 aliphatic rings. The van der Waals surface area contributed by atoms with E-state index >= 15 is 0 Å². The highest BCUT2D eigenvalue weighted by atomic mass is 19.1. The first-order valence-corrected chi connectivity index (χ1v) is 11.6. The van der Waals surface area contributed by atoms with Gasteiger partial charge in [-0.1, -0.05) is 24.3 Å². The molecule has 1 atom stereocenters. The summed E-state index contributed by atoms with van der Waals surface area (Å²) in [5.74, 6) is 1.17. The van der Waals surface area contributed by atoms with Gasteiger partial charge in [0.2, 0.25) is 5.91 Å². The molecule has 0 bridgehead atoms. The Bertz CT molecular complexity index is 1010. The van der Waals surface area contributed by atoms with Crippen LogP contribution in [0, 0.1) is 11.7 Å². The number of hydrogen-bond donors (Lipinski definition) is 1. The first kappa shape index (κ1) is 21.0. The zero-order chi connectivity index (χ0) is 22.1. The van der Waals surface area contributed by atoms with Gasteiger partial charge in [-0.15, -0.1) is 0 Å². The lowest BCUT2D eigenvalue weighted by molar-refractivity contribution is -0.122. The maximum absolute atomic E-state index is 13.5. The Labute approximate surface area is 187 Å². The molecule has 2 aliphatic heterocycles. The highest BCUT2D eigenvalue weighted by molar-refractivity contribution is 5.94. The fourth-order valence-corrected chi connectivity index (χ4v) is 5.03. The molecular weight excluding hydrogens is 407 g/mol. The molecule has 1 N–H and O–H groups in total. The van der Waals surface area contributed by atoms with E-state index < -0.39 is 5.82 Å². The molecule has 32 heavy (non-hydrogen) atoms. The standard InChI is InChI=1S/C26H29FN2O3/c27-21-5-3-4-19(14-21)25(31)29-12-10-26(11-13-29)16-20(15-24(30)28-17-18-8-9-18)22-6-1-2-7-23(22)32-26/h1-7,14,18,20H,8-13,15-17H2,(H,28,30). The van der Waals surface area contributed by atoms with Crippen LogP contribution in [0.3, 0.4) is 0 Å². The number of hydrogen-bond acceptors (Lipinski definition) is 3. The summed E-state index contributed by atoms with van der Waals surface area (Å²) in [6.45, 7) is 1.89. The molecule has 0 radical (unpaired) electrons. The molecule has 168 valence electrons. The number of para-hydroxylation sites is 1. The third-order valence-corrected chi connectivity index (χ3v) is 7.05. The first-order valence-electron chi connectivity index (χ1n) is 11.6. The second kappa shape index (κ2) is 8.57. The number of amides is 2. The van der Waals surface area contributed by atoms with E-state index in [0.29, 0.717) is 43.8 Å². The second-order valence-corrected chi connectivity index (χ2v) is 9.48. The summed E-state index contributed by atoms with van der Waals surface area (Å²) in [5, 5.41) is 3.10. The van der Waals surface area contributed by atoms with Crippen LogP contribution in [0.1, 0.15) is 60.4 Å². The van der Waals surface area contributed by atoms with Crippen molar-refractivity contribution < 1.29 is 18.7 Å². The lowest BCUT2D eigenvalue weighted by atomic mass is 9.76. The number of carbonyl (C=O) groups excluding carboxylic acids is 2. The Morgan fingerprint density at radius 1 is 1.09 bits per heavy atom. The zero-order valence-corrected chi connectivity index (χ0v) is 18.2. The third-order valence-electron chi connectivity index (χ3n) is 7.05. The average molecular weight is 437 g/mol. The van der Waals surface area contributed by atoms with E-state index in [4.69, 9.17) is 4.74 Å². The summed E-state index contributed by atoms with van der Waals surface area (Å²) < 4.78 is 20.1. The van der Waals surface area contributed by atoms with E-state index in [0.717, 1.165) is 24.3 Å². The molecule has 6 heteroatoms. The number of rotatable bonds is 5. The van der Waals surface area contributed by atoms with Gasteiger partial charge < -0.3 is 15.0 Å². The van der Waals surface area contributed by atoms with Crippen LogP contribution < -0.4 is 10.1 Å². The number of fused-ring (bicyclic) bond motifs is 1. The number of nitrogens with zero attached hydrogens (tertiary/aromatic N) is 1. The summed E-state index contributed by atoms with van der Waals surface area (Å²) in [7, 11) is 0. The summed E-state index contributed by atoms with van der Waals surface area (Å²) in [5.41, 5.74) is 1.09. The fraction of sp³-hybridized carbons (Fsp3) is 0.462. The number of halogens is 1. The van der Waals surface area contributed by atoms with E-state index in [1.54, 1.807) is 17.0 Å². The largest absolute Gasteiger partial charge is 0.487 e. The van der Waals surface area contributed by atoms with E-state index in [2.05, 4.69) is 11.4 Å². The van der Waals surface area contributed by atoms with Gasteiger partial charge in [-0.25, -0.2) is 4.39 Å². The smallest absolute Gasteiger partial charge is 0.253 e. The van der Waals surface area contributed by atoms with Gasteiger partial charge in [0.05, 0.1) is 0 Å². The van der Waals surface area contributed by atoms with E-state index in [9.17, 15) is 14.0 Å². The Morgan fingerprint density at radius 2 is 1.88 bits per heavy atom. The molecule has 5 nitrogen and oxygen atoms in total. The lowest BCUT2D eigenvalue weighted by Crippen LogP contribution is -2.52. The number of likely N-dealkylation sites (tertiary alicyclic amines) is 1. The second-order valence-electron chi connectivity index (χ2n) is 9.48. The molecule has 5 rings (SSSR count). The quantitative estimate of drug-likeness (QED) is 0.761. The molecule has 1 saturated carbocycles. The normalized spacial score (nSPS) is 21.5. The molecule has 1 spiro atoms. The van der Waals surface area contributed by atoms with Crippen molar-refractivity contribution in [1.82, 2.24) is 10.2 Å². The lowest BCUT2D eigenvalue weighted by Gasteiger charge is -2.47. The highest BCUT2D eigenvalue weighted by Crippen LogP contribution is 2.46. The Morgan fingerprint density at radius 3 is 2.62 bits per heavy atom. The highest BCUT2D eigenvalue weighted by Gasteiger charge is 2.44. The van der Waals surface area contributed by atoms with E-state index in [1.807, 2.05) is 18.2 Å². The molecule has 2 fully saturated rings. The van der Waals surface area contributed by atoms with Crippen LogP contribution in [0.5, 0.6) is 5.75 Å². The van der Waals surface area contributed by atoms with Crippen molar-refractivity contribution in [2.75, 3.05) is 19.6 Å². The molecule has 2 heterocycles. The number of ether oxygens (including phenoxy) is 1. The summed E-state index contributed by atoms with van der Waals surface area (Å²) in [4.78, 5) is 27.2. The molecule has 1 unspecified atom stereocenters. The minimum atomic E-state index is -0.403. The number of nitrogens with one attached hydrogen (secondary N) is 1. The van der Waals surface area contributed by atoms with Crippen LogP contribution in [0.2, 0.25) is 0 Å². The molecule has 0 aromatic heterocycles. The Hall–Kier alpha value is -2.89. The average Bonchev–Trinajstić information content (AvgIpc) is 3.62. The van der Waals surface area contributed by atoms with Gasteiger partial charge in [0.25, 0.3) is 5.91 Å². The summed E-state index contributed by atoms with van der Waals surface area (Å²) in [6, 6.07) is 13.8. The van der Waals surface area contributed by atoms with Crippen molar-refractivity contribution in [3.05, 3.63) is 65.5 Å². The van der Waals surface area contributed by atoms with Gasteiger partial charge >= 0.3 is 0 Å². The maximum Gasteiger partial charge on any atom is 0.253 e. The van der Waals surface area contributed by atoms with Gasteiger partial charge in [0, 0.05) is 50.4 Å². The predicted octanol–water partition coefficient (Wildman–Crippen LogP) is 4.28. The number of benzene rings is 2. The predicted molar refractivity (Wildman–Crippen MR) is 119 cm³/mol. The Balaban J connectivity index is 1.27.